The molecule has 2 nitrogen and oxygen atoms in total. The molecule has 0 spiro atoms. The highest BCUT2D eigenvalue weighted by Gasteiger charge is 2.40. The number of rotatable bonds is 0. The maximum Gasteiger partial charge on any atom is 0.0746 e. The summed E-state index contributed by atoms with van der Waals surface area (Å²) in [5, 5.41) is 0. The molecule has 0 saturated heterocycles. The number of fused-ring (bicyclic) bond motifs is 7. The molecule has 1 aliphatic heterocycles. The second-order valence-electron chi connectivity index (χ2n) is 7.42. The predicted molar refractivity (Wildman–Crippen MR) is 99.3 cm³/mol. The van der Waals surface area contributed by atoms with E-state index >= 15 is 0 Å². The van der Waals surface area contributed by atoms with Crippen LogP contribution in [0.3, 0.4) is 0 Å². The van der Waals surface area contributed by atoms with Crippen LogP contribution < -0.4 is 4.90 Å². The van der Waals surface area contributed by atoms with Gasteiger partial charge in [-0.15, -0.1) is 0 Å². The van der Waals surface area contributed by atoms with Gasteiger partial charge in [-0.1, -0.05) is 50.2 Å². The maximum atomic E-state index is 4.71. The lowest BCUT2D eigenvalue weighted by Crippen LogP contribution is -2.24. The van der Waals surface area contributed by atoms with E-state index in [9.17, 15) is 0 Å². The summed E-state index contributed by atoms with van der Waals surface area (Å²) in [6.07, 6.45) is 1.91. The summed E-state index contributed by atoms with van der Waals surface area (Å²) in [7, 11) is 2.19. The molecule has 0 amide bonds. The van der Waals surface area contributed by atoms with E-state index in [0.29, 0.717) is 0 Å². The van der Waals surface area contributed by atoms with Crippen molar-refractivity contribution in [3.8, 4) is 22.4 Å². The average Bonchev–Trinajstić information content (AvgIpc) is 2.83. The third-order valence-corrected chi connectivity index (χ3v) is 5.65. The van der Waals surface area contributed by atoms with Crippen molar-refractivity contribution in [2.75, 3.05) is 11.9 Å². The largest absolute Gasteiger partial charge is 0.370 e. The quantitative estimate of drug-likeness (QED) is 0.580. The lowest BCUT2D eigenvalue weighted by Gasteiger charge is -2.34. The Hall–Kier alpha value is -2.61. The number of anilines is 1. The van der Waals surface area contributed by atoms with Gasteiger partial charge in [0.1, 0.15) is 0 Å². The molecule has 0 unspecified atom stereocenters. The molecule has 2 aliphatic rings. The van der Waals surface area contributed by atoms with E-state index in [0.717, 1.165) is 12.2 Å². The molecule has 0 N–H and O–H groups in total. The Labute approximate surface area is 142 Å². The van der Waals surface area contributed by atoms with Gasteiger partial charge in [-0.2, -0.15) is 0 Å². The van der Waals surface area contributed by atoms with Gasteiger partial charge in [0.05, 0.1) is 5.69 Å². The molecule has 2 heterocycles. The van der Waals surface area contributed by atoms with Gasteiger partial charge in [0.25, 0.3) is 0 Å². The number of aromatic nitrogens is 1. The molecule has 0 bridgehead atoms. The van der Waals surface area contributed by atoms with Crippen molar-refractivity contribution in [2.24, 2.45) is 0 Å². The molecule has 24 heavy (non-hydrogen) atoms. The molecule has 3 aromatic rings. The summed E-state index contributed by atoms with van der Waals surface area (Å²) in [5.41, 5.74) is 10.7. The Morgan fingerprint density at radius 3 is 2.67 bits per heavy atom. The minimum absolute atomic E-state index is 0.0322. The van der Waals surface area contributed by atoms with E-state index in [2.05, 4.69) is 74.3 Å². The average molecular weight is 312 g/mol. The zero-order chi connectivity index (χ0) is 16.5. The van der Waals surface area contributed by atoms with Crippen molar-refractivity contribution < 1.29 is 0 Å². The third kappa shape index (κ3) is 1.58. The number of pyridine rings is 1. The van der Waals surface area contributed by atoms with Crippen LogP contribution >= 0.6 is 0 Å². The van der Waals surface area contributed by atoms with E-state index in [1.54, 1.807) is 0 Å². The molecule has 2 aromatic carbocycles. The highest BCUT2D eigenvalue weighted by Crippen LogP contribution is 2.55. The highest BCUT2D eigenvalue weighted by molar-refractivity contribution is 5.95. The predicted octanol–water partition coefficient (Wildman–Crippen LogP) is 5.00. The van der Waals surface area contributed by atoms with Gasteiger partial charge in [0, 0.05) is 42.0 Å². The van der Waals surface area contributed by atoms with Crippen LogP contribution in [0.2, 0.25) is 0 Å². The summed E-state index contributed by atoms with van der Waals surface area (Å²) < 4.78 is 0. The minimum Gasteiger partial charge on any atom is -0.370 e. The Morgan fingerprint density at radius 1 is 0.958 bits per heavy atom. The normalized spacial score (nSPS) is 16.2. The van der Waals surface area contributed by atoms with Gasteiger partial charge < -0.3 is 4.90 Å². The van der Waals surface area contributed by atoms with Gasteiger partial charge in [0.2, 0.25) is 0 Å². The fourth-order valence-corrected chi connectivity index (χ4v) is 4.53. The van der Waals surface area contributed by atoms with Crippen molar-refractivity contribution in [3.63, 3.8) is 0 Å². The van der Waals surface area contributed by atoms with Crippen LogP contribution in [-0.4, -0.2) is 12.0 Å². The zero-order valence-electron chi connectivity index (χ0n) is 14.3. The molecule has 118 valence electrons. The SMILES string of the molecule is CN1Cc2ccccc2-c2c1ccc1c2C(C)(C)c2cccnc2-1. The van der Waals surface area contributed by atoms with Crippen LogP contribution in [0.1, 0.15) is 30.5 Å². The summed E-state index contributed by atoms with van der Waals surface area (Å²) in [4.78, 5) is 7.07. The molecule has 1 aromatic heterocycles. The Balaban J connectivity index is 1.92. The van der Waals surface area contributed by atoms with Crippen molar-refractivity contribution in [1.82, 2.24) is 4.98 Å². The van der Waals surface area contributed by atoms with Gasteiger partial charge in [-0.25, -0.2) is 0 Å². The van der Waals surface area contributed by atoms with E-state index in [4.69, 9.17) is 4.98 Å². The molecule has 0 saturated carbocycles. The molecule has 2 heteroatoms. The van der Waals surface area contributed by atoms with E-state index in [1.807, 2.05) is 6.20 Å². The fourth-order valence-electron chi connectivity index (χ4n) is 4.53. The summed E-state index contributed by atoms with van der Waals surface area (Å²) in [6.45, 7) is 5.63. The number of benzene rings is 2. The van der Waals surface area contributed by atoms with Crippen molar-refractivity contribution in [2.45, 2.75) is 25.8 Å². The van der Waals surface area contributed by atoms with Crippen LogP contribution in [0.4, 0.5) is 5.69 Å². The second-order valence-corrected chi connectivity index (χ2v) is 7.42. The number of nitrogens with zero attached hydrogens (tertiary/aromatic N) is 2. The van der Waals surface area contributed by atoms with Crippen LogP contribution in [0.15, 0.2) is 54.7 Å². The van der Waals surface area contributed by atoms with E-state index in [-0.39, 0.29) is 5.41 Å². The maximum absolute atomic E-state index is 4.71. The minimum atomic E-state index is -0.0322. The summed E-state index contributed by atoms with van der Waals surface area (Å²) >= 11 is 0. The van der Waals surface area contributed by atoms with Crippen LogP contribution in [0.5, 0.6) is 0 Å². The number of hydrogen-bond donors (Lipinski definition) is 0. The Morgan fingerprint density at radius 2 is 1.79 bits per heavy atom. The monoisotopic (exact) mass is 312 g/mol. The van der Waals surface area contributed by atoms with Crippen LogP contribution in [0, 0.1) is 0 Å². The van der Waals surface area contributed by atoms with Gasteiger partial charge in [-0.3, -0.25) is 4.98 Å². The van der Waals surface area contributed by atoms with Crippen LogP contribution in [0.25, 0.3) is 22.4 Å². The number of hydrogen-bond acceptors (Lipinski definition) is 2. The first-order valence-corrected chi connectivity index (χ1v) is 8.52. The Bertz CT molecular complexity index is 985. The smallest absolute Gasteiger partial charge is 0.0746 e. The molecule has 1 aliphatic carbocycles. The lowest BCUT2D eigenvalue weighted by atomic mass is 9.77. The third-order valence-electron chi connectivity index (χ3n) is 5.65. The molecule has 0 atom stereocenters. The standard InChI is InChI=1S/C22H20N2/c1-22(2)17-9-6-12-23-21(17)16-10-11-18-19(20(16)22)15-8-5-4-7-14(15)13-24(18)3/h4-12H,13H2,1-3H3. The fraction of sp³-hybridized carbons (Fsp3) is 0.227. The van der Waals surface area contributed by atoms with Gasteiger partial charge in [-0.05, 0) is 34.4 Å². The van der Waals surface area contributed by atoms with Gasteiger partial charge >= 0.3 is 0 Å². The second kappa shape index (κ2) is 4.47. The van der Waals surface area contributed by atoms with Gasteiger partial charge in [0.15, 0.2) is 0 Å². The van der Waals surface area contributed by atoms with Crippen LogP contribution in [-0.2, 0) is 12.0 Å². The van der Waals surface area contributed by atoms with Crippen molar-refractivity contribution in [3.05, 3.63) is 71.4 Å². The molecular formula is C22H20N2. The topological polar surface area (TPSA) is 16.1 Å². The zero-order valence-corrected chi connectivity index (χ0v) is 14.3. The molecule has 0 radical (unpaired) electrons. The first kappa shape index (κ1) is 13.8. The molecule has 0 fully saturated rings. The van der Waals surface area contributed by atoms with E-state index in [1.165, 1.54) is 39.1 Å². The first-order valence-electron chi connectivity index (χ1n) is 8.52. The van der Waals surface area contributed by atoms with Crippen molar-refractivity contribution >= 4 is 5.69 Å². The summed E-state index contributed by atoms with van der Waals surface area (Å²) in [6, 6.07) is 17.6. The molecule has 5 rings (SSSR count). The van der Waals surface area contributed by atoms with Crippen molar-refractivity contribution in [1.29, 1.82) is 0 Å². The van der Waals surface area contributed by atoms with E-state index < -0.39 is 0 Å². The lowest BCUT2D eigenvalue weighted by molar-refractivity contribution is 0.659. The Kier molecular flexibility index (Phi) is 2.57. The molecular weight excluding hydrogens is 292 g/mol. The summed E-state index contributed by atoms with van der Waals surface area (Å²) in [5.74, 6) is 0. The first-order chi connectivity index (χ1) is 11.6. The highest BCUT2D eigenvalue weighted by atomic mass is 15.1.